The first kappa shape index (κ1) is 22.7. The van der Waals surface area contributed by atoms with Gasteiger partial charge in [0.25, 0.3) is 0 Å². The van der Waals surface area contributed by atoms with Gasteiger partial charge in [-0.1, -0.05) is 19.1 Å². The number of methoxy groups -OCH3 is 1. The van der Waals surface area contributed by atoms with E-state index in [0.717, 1.165) is 0 Å². The van der Waals surface area contributed by atoms with Crippen LogP contribution in [0.25, 0.3) is 0 Å². The van der Waals surface area contributed by atoms with E-state index in [4.69, 9.17) is 9.47 Å². The summed E-state index contributed by atoms with van der Waals surface area (Å²) in [6, 6.07) is -1.91. The number of aliphatic hydroxyl groups is 3. The molecule has 12 heteroatoms. The minimum Gasteiger partial charge on any atom is -0.478 e. The fourth-order valence-electron chi connectivity index (χ4n) is 2.86. The summed E-state index contributed by atoms with van der Waals surface area (Å²) in [6.07, 6.45) is -1.95. The number of carbonyl (C=O) groups excluding carboxylic acids is 1. The van der Waals surface area contributed by atoms with E-state index in [2.05, 4.69) is 15.6 Å². The molecule has 1 aliphatic rings. The molecule has 0 saturated heterocycles. The third kappa shape index (κ3) is 5.29. The maximum Gasteiger partial charge on any atom is 0.370 e. The summed E-state index contributed by atoms with van der Waals surface area (Å²) in [5.74, 6) is -2.70. The Morgan fingerprint density at radius 1 is 1.38 bits per heavy atom. The molecule has 2 heterocycles. The molecule has 1 amide bonds. The number of aliphatic carboxylic acids is 1. The zero-order valence-electron chi connectivity index (χ0n) is 16.3. The molecule has 0 radical (unpaired) electrons. The van der Waals surface area contributed by atoms with E-state index in [0.29, 0.717) is 5.69 Å². The summed E-state index contributed by atoms with van der Waals surface area (Å²) in [5.41, 5.74) is 0.464. The van der Waals surface area contributed by atoms with Crippen LogP contribution in [0.5, 0.6) is 0 Å². The molecule has 5 atom stereocenters. The Bertz CT molecular complexity index is 750. The predicted octanol–water partition coefficient (Wildman–Crippen LogP) is -1.81. The van der Waals surface area contributed by atoms with Gasteiger partial charge in [0.2, 0.25) is 11.7 Å². The number of amides is 1. The van der Waals surface area contributed by atoms with Crippen molar-refractivity contribution in [2.75, 3.05) is 13.7 Å². The molecule has 0 spiro atoms. The molecule has 1 aromatic rings. The second kappa shape index (κ2) is 9.78. The molecular weight excluding hydrogens is 388 g/mol. The number of rotatable bonds is 9. The van der Waals surface area contributed by atoms with Crippen molar-refractivity contribution in [1.29, 1.82) is 0 Å². The van der Waals surface area contributed by atoms with Crippen LogP contribution in [0.4, 0.5) is 0 Å². The molecular formula is C17H26N4O8. The highest BCUT2D eigenvalue weighted by Crippen LogP contribution is 2.30. The smallest absolute Gasteiger partial charge is 0.370 e. The molecule has 0 unspecified atom stereocenters. The zero-order valence-corrected chi connectivity index (χ0v) is 16.3. The summed E-state index contributed by atoms with van der Waals surface area (Å²) < 4.78 is 11.7. The van der Waals surface area contributed by atoms with Gasteiger partial charge in [-0.2, -0.15) is 0 Å². The van der Waals surface area contributed by atoms with E-state index in [-0.39, 0.29) is 12.5 Å². The lowest BCUT2D eigenvalue weighted by molar-refractivity contribution is -0.147. The molecule has 0 aromatic carbocycles. The highest BCUT2D eigenvalue weighted by Gasteiger charge is 2.45. The van der Waals surface area contributed by atoms with E-state index in [1.807, 2.05) is 0 Å². The van der Waals surface area contributed by atoms with Crippen molar-refractivity contribution in [3.05, 3.63) is 23.7 Å². The zero-order chi connectivity index (χ0) is 21.7. The Morgan fingerprint density at radius 3 is 2.62 bits per heavy atom. The van der Waals surface area contributed by atoms with Gasteiger partial charge in [0.1, 0.15) is 24.0 Å². The third-order valence-corrected chi connectivity index (χ3v) is 4.42. The van der Waals surface area contributed by atoms with Crippen molar-refractivity contribution in [2.45, 2.75) is 50.8 Å². The first-order chi connectivity index (χ1) is 13.7. The van der Waals surface area contributed by atoms with Crippen molar-refractivity contribution >= 4 is 11.9 Å². The average Bonchev–Trinajstić information content (AvgIpc) is 3.15. The quantitative estimate of drug-likeness (QED) is 0.309. The van der Waals surface area contributed by atoms with Gasteiger partial charge in [-0.15, -0.1) is 5.10 Å². The highest BCUT2D eigenvalue weighted by atomic mass is 16.5. The Kier molecular flexibility index (Phi) is 7.67. The van der Waals surface area contributed by atoms with Crippen LogP contribution in [0.3, 0.4) is 0 Å². The van der Waals surface area contributed by atoms with Crippen LogP contribution in [-0.2, 0) is 25.7 Å². The number of aliphatic hydroxyl groups excluding tert-OH is 3. The van der Waals surface area contributed by atoms with Gasteiger partial charge in [0, 0.05) is 13.0 Å². The van der Waals surface area contributed by atoms with Crippen LogP contribution in [0, 0.1) is 5.92 Å². The van der Waals surface area contributed by atoms with Gasteiger partial charge in [-0.05, 0) is 6.08 Å². The number of carboxylic acids is 1. The summed E-state index contributed by atoms with van der Waals surface area (Å²) in [6.45, 7) is 2.69. The average molecular weight is 414 g/mol. The monoisotopic (exact) mass is 414 g/mol. The van der Waals surface area contributed by atoms with Crippen LogP contribution in [0.1, 0.15) is 25.6 Å². The van der Waals surface area contributed by atoms with E-state index in [1.165, 1.54) is 24.1 Å². The predicted molar refractivity (Wildman–Crippen MR) is 96.2 cm³/mol. The van der Waals surface area contributed by atoms with Crippen LogP contribution >= 0.6 is 0 Å². The lowest BCUT2D eigenvalue weighted by atomic mass is 9.91. The van der Waals surface area contributed by atoms with Crippen molar-refractivity contribution < 1.29 is 39.5 Å². The van der Waals surface area contributed by atoms with Crippen LogP contribution in [-0.4, -0.2) is 85.4 Å². The van der Waals surface area contributed by atoms with Gasteiger partial charge >= 0.3 is 5.97 Å². The lowest BCUT2D eigenvalue weighted by Crippen LogP contribution is -2.59. The number of nitrogens with one attached hydrogen (secondary N) is 1. The fraction of sp³-hybridized carbons (Fsp3) is 0.647. The molecule has 12 nitrogen and oxygen atoms in total. The van der Waals surface area contributed by atoms with Crippen molar-refractivity contribution in [2.24, 2.45) is 5.92 Å². The Morgan fingerprint density at radius 2 is 2.07 bits per heavy atom. The van der Waals surface area contributed by atoms with E-state index < -0.39 is 54.6 Å². The number of hydrogen-bond donors (Lipinski definition) is 5. The largest absolute Gasteiger partial charge is 0.478 e. The standard InChI is InChI=1S/C17H26N4O8/c1-8(2)16(25)18-13-10(21-5-9(7-28-3)19-20-21)4-12(17(26)27)29-15(13)14(24)11(23)6-22/h4-5,8,10-11,13-15,22-24H,6-7H2,1-3H3,(H,18,25)(H,26,27)/t10-,11+,13+,14+,15+/m0/s1. The molecule has 0 saturated carbocycles. The molecule has 0 aliphatic carbocycles. The maximum atomic E-state index is 12.4. The van der Waals surface area contributed by atoms with Gasteiger partial charge in [-0.3, -0.25) is 4.79 Å². The maximum absolute atomic E-state index is 12.4. The molecule has 0 bridgehead atoms. The summed E-state index contributed by atoms with van der Waals surface area (Å²) >= 11 is 0. The number of ether oxygens (including phenoxy) is 2. The first-order valence-corrected chi connectivity index (χ1v) is 8.98. The van der Waals surface area contributed by atoms with E-state index in [1.54, 1.807) is 13.8 Å². The minimum absolute atomic E-state index is 0.164. The number of carboxylic acid groups (broad SMARTS) is 1. The Balaban J connectivity index is 2.50. The minimum atomic E-state index is -1.69. The normalized spacial score (nSPS) is 23.8. The molecule has 162 valence electrons. The van der Waals surface area contributed by atoms with Crippen molar-refractivity contribution in [3.63, 3.8) is 0 Å². The Hall–Kier alpha value is -2.54. The number of aromatic nitrogens is 3. The molecule has 1 aromatic heterocycles. The second-order valence-electron chi connectivity index (χ2n) is 6.96. The van der Waals surface area contributed by atoms with Crippen LogP contribution in [0.2, 0.25) is 0 Å². The lowest BCUT2D eigenvalue weighted by Gasteiger charge is -2.40. The van der Waals surface area contributed by atoms with Gasteiger partial charge in [0.05, 0.1) is 31.5 Å². The number of hydrogen-bond acceptors (Lipinski definition) is 9. The topological polar surface area (TPSA) is 176 Å². The third-order valence-electron chi connectivity index (χ3n) is 4.42. The van der Waals surface area contributed by atoms with Crippen molar-refractivity contribution in [1.82, 2.24) is 20.3 Å². The summed E-state index contributed by atoms with van der Waals surface area (Å²) in [5, 5.41) is 49.5. The summed E-state index contributed by atoms with van der Waals surface area (Å²) in [4.78, 5) is 23.9. The van der Waals surface area contributed by atoms with E-state index in [9.17, 15) is 30.0 Å². The SMILES string of the molecule is COCc1cn([C@H]2C=C(C(=O)O)O[C@@H]([C@H](O)[C@H](O)CO)[C@@H]2NC(=O)C(C)C)nn1. The molecule has 0 fully saturated rings. The fourth-order valence-corrected chi connectivity index (χ4v) is 2.86. The molecule has 2 rings (SSSR count). The number of nitrogens with zero attached hydrogens (tertiary/aromatic N) is 3. The second-order valence-corrected chi connectivity index (χ2v) is 6.96. The van der Waals surface area contributed by atoms with E-state index >= 15 is 0 Å². The Labute approximate surface area is 166 Å². The summed E-state index contributed by atoms with van der Waals surface area (Å²) in [7, 11) is 1.48. The molecule has 29 heavy (non-hydrogen) atoms. The van der Waals surface area contributed by atoms with Gasteiger partial charge < -0.3 is 35.2 Å². The van der Waals surface area contributed by atoms with Gasteiger partial charge in [-0.25, -0.2) is 9.48 Å². The highest BCUT2D eigenvalue weighted by molar-refractivity contribution is 5.85. The molecule has 5 N–H and O–H groups in total. The molecule has 1 aliphatic heterocycles. The van der Waals surface area contributed by atoms with Crippen molar-refractivity contribution in [3.8, 4) is 0 Å². The number of carbonyl (C=O) groups is 2. The van der Waals surface area contributed by atoms with Gasteiger partial charge in [0.15, 0.2) is 0 Å². The van der Waals surface area contributed by atoms with Crippen LogP contribution in [0.15, 0.2) is 18.0 Å². The first-order valence-electron chi connectivity index (χ1n) is 8.98. The van der Waals surface area contributed by atoms with Crippen LogP contribution < -0.4 is 5.32 Å².